The second-order valence-corrected chi connectivity index (χ2v) is 5.43. The standard InChI is InChI=1S/C12H27N3/c1-10(2)12(14(3)4)8-13-11-6-7-15(5)9-11/h10-13H,6-9H2,1-5H3. The summed E-state index contributed by atoms with van der Waals surface area (Å²) < 4.78 is 0. The van der Waals surface area contributed by atoms with Crippen molar-refractivity contribution >= 4 is 0 Å². The minimum absolute atomic E-state index is 0.649. The quantitative estimate of drug-likeness (QED) is 0.731. The highest BCUT2D eigenvalue weighted by molar-refractivity contribution is 4.82. The average molecular weight is 213 g/mol. The molecule has 3 nitrogen and oxygen atoms in total. The monoisotopic (exact) mass is 213 g/mol. The summed E-state index contributed by atoms with van der Waals surface area (Å²) in [5.74, 6) is 0.714. The van der Waals surface area contributed by atoms with Crippen LogP contribution in [0.3, 0.4) is 0 Å². The lowest BCUT2D eigenvalue weighted by molar-refractivity contribution is 0.218. The molecule has 1 aliphatic heterocycles. The minimum atomic E-state index is 0.649. The average Bonchev–Trinajstić information content (AvgIpc) is 2.50. The van der Waals surface area contributed by atoms with Crippen molar-refractivity contribution in [3.63, 3.8) is 0 Å². The van der Waals surface area contributed by atoms with Gasteiger partial charge < -0.3 is 15.1 Å². The van der Waals surface area contributed by atoms with E-state index in [1.807, 2.05) is 0 Å². The maximum atomic E-state index is 3.69. The van der Waals surface area contributed by atoms with Gasteiger partial charge in [0.2, 0.25) is 0 Å². The zero-order valence-corrected chi connectivity index (χ0v) is 11.0. The molecule has 0 amide bonds. The number of nitrogens with zero attached hydrogens (tertiary/aromatic N) is 2. The summed E-state index contributed by atoms with van der Waals surface area (Å²) in [6.07, 6.45) is 1.30. The van der Waals surface area contributed by atoms with Gasteiger partial charge >= 0.3 is 0 Å². The van der Waals surface area contributed by atoms with Crippen molar-refractivity contribution in [1.29, 1.82) is 0 Å². The van der Waals surface area contributed by atoms with Gasteiger partial charge in [0.25, 0.3) is 0 Å². The highest BCUT2D eigenvalue weighted by atomic mass is 15.2. The number of likely N-dealkylation sites (tertiary alicyclic amines) is 1. The van der Waals surface area contributed by atoms with Gasteiger partial charge in [0.05, 0.1) is 0 Å². The second kappa shape index (κ2) is 5.83. The molecule has 0 bridgehead atoms. The van der Waals surface area contributed by atoms with Crippen LogP contribution in [0.1, 0.15) is 20.3 Å². The van der Waals surface area contributed by atoms with Crippen molar-refractivity contribution in [3.8, 4) is 0 Å². The lowest BCUT2D eigenvalue weighted by Crippen LogP contribution is -2.45. The van der Waals surface area contributed by atoms with Crippen LogP contribution < -0.4 is 5.32 Å². The highest BCUT2D eigenvalue weighted by Gasteiger charge is 2.21. The van der Waals surface area contributed by atoms with Crippen LogP contribution in [0, 0.1) is 5.92 Å². The third-order valence-corrected chi connectivity index (χ3v) is 3.44. The Balaban J connectivity index is 2.27. The van der Waals surface area contributed by atoms with E-state index in [2.05, 4.69) is 50.1 Å². The fraction of sp³-hybridized carbons (Fsp3) is 1.00. The fourth-order valence-corrected chi connectivity index (χ4v) is 2.40. The van der Waals surface area contributed by atoms with Gasteiger partial charge in [-0.25, -0.2) is 0 Å². The van der Waals surface area contributed by atoms with Gasteiger partial charge in [-0.3, -0.25) is 0 Å². The van der Waals surface area contributed by atoms with Crippen LogP contribution in [0.2, 0.25) is 0 Å². The number of hydrogen-bond acceptors (Lipinski definition) is 3. The second-order valence-electron chi connectivity index (χ2n) is 5.43. The molecule has 0 saturated carbocycles. The molecule has 1 fully saturated rings. The van der Waals surface area contributed by atoms with E-state index in [9.17, 15) is 0 Å². The van der Waals surface area contributed by atoms with Gasteiger partial charge in [-0.05, 0) is 40.0 Å². The lowest BCUT2D eigenvalue weighted by Gasteiger charge is -2.29. The summed E-state index contributed by atoms with van der Waals surface area (Å²) in [5, 5.41) is 3.69. The lowest BCUT2D eigenvalue weighted by atomic mass is 10.0. The Labute approximate surface area is 94.8 Å². The maximum Gasteiger partial charge on any atom is 0.0237 e. The van der Waals surface area contributed by atoms with Crippen LogP contribution in [0.5, 0.6) is 0 Å². The molecular formula is C12H27N3. The molecule has 0 aromatic carbocycles. The Morgan fingerprint density at radius 3 is 2.47 bits per heavy atom. The summed E-state index contributed by atoms with van der Waals surface area (Å²) in [5.41, 5.74) is 0. The van der Waals surface area contributed by atoms with E-state index in [0.29, 0.717) is 18.0 Å². The van der Waals surface area contributed by atoms with Gasteiger partial charge in [0.1, 0.15) is 0 Å². The van der Waals surface area contributed by atoms with Crippen LogP contribution in [0.25, 0.3) is 0 Å². The third-order valence-electron chi connectivity index (χ3n) is 3.44. The highest BCUT2D eigenvalue weighted by Crippen LogP contribution is 2.09. The van der Waals surface area contributed by atoms with Crippen molar-refractivity contribution in [2.24, 2.45) is 5.92 Å². The molecule has 0 aliphatic carbocycles. The van der Waals surface area contributed by atoms with E-state index in [-0.39, 0.29) is 0 Å². The fourth-order valence-electron chi connectivity index (χ4n) is 2.40. The molecule has 0 radical (unpaired) electrons. The van der Waals surface area contributed by atoms with Crippen molar-refractivity contribution < 1.29 is 0 Å². The van der Waals surface area contributed by atoms with Crippen molar-refractivity contribution in [2.45, 2.75) is 32.4 Å². The van der Waals surface area contributed by atoms with Crippen LogP contribution in [-0.4, -0.2) is 62.7 Å². The summed E-state index contributed by atoms with van der Waals surface area (Å²) >= 11 is 0. The zero-order valence-electron chi connectivity index (χ0n) is 11.0. The molecule has 1 heterocycles. The molecule has 3 heteroatoms. The molecule has 2 atom stereocenters. The minimum Gasteiger partial charge on any atom is -0.311 e. The molecule has 1 rings (SSSR count). The summed E-state index contributed by atoms with van der Waals surface area (Å²) in [4.78, 5) is 4.73. The number of likely N-dealkylation sites (N-methyl/N-ethyl adjacent to an activating group) is 2. The molecule has 1 N–H and O–H groups in total. The Morgan fingerprint density at radius 2 is 2.07 bits per heavy atom. The molecular weight excluding hydrogens is 186 g/mol. The number of rotatable bonds is 5. The molecule has 15 heavy (non-hydrogen) atoms. The van der Waals surface area contributed by atoms with Gasteiger partial charge in [-0.2, -0.15) is 0 Å². The maximum absolute atomic E-state index is 3.69. The smallest absolute Gasteiger partial charge is 0.0237 e. The Kier molecular flexibility index (Phi) is 5.03. The van der Waals surface area contributed by atoms with E-state index in [1.54, 1.807) is 0 Å². The van der Waals surface area contributed by atoms with E-state index in [1.165, 1.54) is 19.5 Å². The summed E-state index contributed by atoms with van der Waals surface area (Å²) in [6.45, 7) is 8.16. The van der Waals surface area contributed by atoms with Crippen LogP contribution in [0.15, 0.2) is 0 Å². The Morgan fingerprint density at radius 1 is 1.40 bits per heavy atom. The molecule has 0 aromatic rings. The molecule has 1 aliphatic rings. The Hall–Kier alpha value is -0.120. The van der Waals surface area contributed by atoms with E-state index in [0.717, 1.165) is 6.54 Å². The van der Waals surface area contributed by atoms with Gasteiger partial charge in [-0.1, -0.05) is 13.8 Å². The first-order chi connectivity index (χ1) is 7.00. The van der Waals surface area contributed by atoms with E-state index >= 15 is 0 Å². The Bertz CT molecular complexity index is 172. The first-order valence-electron chi connectivity index (χ1n) is 6.09. The van der Waals surface area contributed by atoms with Crippen molar-refractivity contribution in [1.82, 2.24) is 15.1 Å². The summed E-state index contributed by atoms with van der Waals surface area (Å²) in [6, 6.07) is 1.35. The summed E-state index contributed by atoms with van der Waals surface area (Å²) in [7, 11) is 6.55. The van der Waals surface area contributed by atoms with Gasteiger partial charge in [-0.15, -0.1) is 0 Å². The van der Waals surface area contributed by atoms with Crippen LogP contribution >= 0.6 is 0 Å². The molecule has 2 unspecified atom stereocenters. The molecule has 1 saturated heterocycles. The van der Waals surface area contributed by atoms with Crippen molar-refractivity contribution in [2.75, 3.05) is 40.8 Å². The predicted molar refractivity (Wildman–Crippen MR) is 66.2 cm³/mol. The third kappa shape index (κ3) is 4.09. The predicted octanol–water partition coefficient (Wildman–Crippen LogP) is 0.866. The van der Waals surface area contributed by atoms with E-state index in [4.69, 9.17) is 0 Å². The SMILES string of the molecule is CC(C)C(CNC1CCN(C)C1)N(C)C. The first-order valence-corrected chi connectivity index (χ1v) is 6.09. The van der Waals surface area contributed by atoms with Crippen LogP contribution in [0.4, 0.5) is 0 Å². The largest absolute Gasteiger partial charge is 0.311 e. The first kappa shape index (κ1) is 12.9. The number of nitrogens with one attached hydrogen (secondary N) is 1. The number of hydrogen-bond donors (Lipinski definition) is 1. The topological polar surface area (TPSA) is 18.5 Å². The molecule has 0 spiro atoms. The van der Waals surface area contributed by atoms with Crippen LogP contribution in [-0.2, 0) is 0 Å². The van der Waals surface area contributed by atoms with Crippen molar-refractivity contribution in [3.05, 3.63) is 0 Å². The molecule has 90 valence electrons. The molecule has 0 aromatic heterocycles. The normalized spacial score (nSPS) is 25.4. The van der Waals surface area contributed by atoms with Gasteiger partial charge in [0.15, 0.2) is 0 Å². The van der Waals surface area contributed by atoms with E-state index < -0.39 is 0 Å². The zero-order chi connectivity index (χ0) is 11.4. The van der Waals surface area contributed by atoms with Gasteiger partial charge in [0, 0.05) is 25.2 Å².